The molecular formula is C28H41ClN4O3. The largest absolute Gasteiger partial charge is 0.381 e. The Morgan fingerprint density at radius 1 is 0.889 bits per heavy atom. The Morgan fingerprint density at radius 3 is 2.28 bits per heavy atom. The van der Waals surface area contributed by atoms with Crippen molar-refractivity contribution >= 4 is 23.5 Å². The summed E-state index contributed by atoms with van der Waals surface area (Å²) in [5.74, 6) is 0.867. The Balaban J connectivity index is 1.06. The highest BCUT2D eigenvalue weighted by Gasteiger charge is 2.38. The highest BCUT2D eigenvalue weighted by Crippen LogP contribution is 2.37. The molecule has 2 unspecified atom stereocenters. The molecule has 198 valence electrons. The van der Waals surface area contributed by atoms with Gasteiger partial charge in [-0.05, 0) is 75.0 Å². The number of halogens is 1. The first-order valence-electron chi connectivity index (χ1n) is 13.9. The van der Waals surface area contributed by atoms with Gasteiger partial charge in [-0.3, -0.25) is 4.79 Å². The quantitative estimate of drug-likeness (QED) is 0.639. The van der Waals surface area contributed by atoms with E-state index in [0.717, 1.165) is 89.2 Å². The van der Waals surface area contributed by atoms with Crippen LogP contribution >= 0.6 is 11.6 Å². The second kappa shape index (κ2) is 11.7. The topological polar surface area (TPSA) is 65.1 Å². The number of benzene rings is 1. The van der Waals surface area contributed by atoms with Crippen LogP contribution in [0.25, 0.3) is 0 Å². The van der Waals surface area contributed by atoms with E-state index < -0.39 is 0 Å². The van der Waals surface area contributed by atoms with Crippen molar-refractivity contribution in [2.45, 2.75) is 75.4 Å². The predicted molar refractivity (Wildman–Crippen MR) is 141 cm³/mol. The molecule has 0 bridgehead atoms. The van der Waals surface area contributed by atoms with Crippen molar-refractivity contribution in [1.29, 1.82) is 0 Å². The summed E-state index contributed by atoms with van der Waals surface area (Å²) >= 11 is 6.04. The van der Waals surface area contributed by atoms with Gasteiger partial charge in [-0.25, -0.2) is 4.79 Å². The van der Waals surface area contributed by atoms with Crippen LogP contribution in [0.15, 0.2) is 24.3 Å². The van der Waals surface area contributed by atoms with Crippen molar-refractivity contribution in [2.24, 2.45) is 5.92 Å². The maximum atomic E-state index is 13.3. The fourth-order valence-electron chi connectivity index (χ4n) is 6.58. The third-order valence-corrected chi connectivity index (χ3v) is 9.15. The summed E-state index contributed by atoms with van der Waals surface area (Å²) in [6.45, 7) is 4.64. The molecule has 5 rings (SSSR count). The standard InChI is InChI=1S/C28H41ClN4O3/c1-31(27(34)22-4-2-20(3-5-22)21-6-8-23(29)9-7-21)26-11-15-33(19-26)28(35)32-14-10-25(18-32)30-24-12-16-36-17-13-24/h6-9,20,22,24-26,30H,2-5,10-19H2,1H3. The predicted octanol–water partition coefficient (Wildman–Crippen LogP) is 4.11. The van der Waals surface area contributed by atoms with Crippen molar-refractivity contribution in [3.8, 4) is 0 Å². The molecule has 1 saturated carbocycles. The van der Waals surface area contributed by atoms with E-state index in [4.69, 9.17) is 16.3 Å². The molecule has 8 heteroatoms. The number of hydrogen-bond donors (Lipinski definition) is 1. The number of rotatable bonds is 5. The van der Waals surface area contributed by atoms with Crippen LogP contribution in [-0.2, 0) is 9.53 Å². The van der Waals surface area contributed by atoms with Crippen LogP contribution in [0.3, 0.4) is 0 Å². The van der Waals surface area contributed by atoms with Crippen LogP contribution in [0, 0.1) is 5.92 Å². The number of hydrogen-bond acceptors (Lipinski definition) is 4. The zero-order chi connectivity index (χ0) is 25.1. The first-order valence-corrected chi connectivity index (χ1v) is 14.3. The van der Waals surface area contributed by atoms with E-state index >= 15 is 0 Å². The van der Waals surface area contributed by atoms with Gasteiger partial charge in [0.2, 0.25) is 5.91 Å². The van der Waals surface area contributed by atoms with Gasteiger partial charge in [0.15, 0.2) is 0 Å². The molecule has 3 aliphatic heterocycles. The van der Waals surface area contributed by atoms with Gasteiger partial charge in [0, 0.05) is 69.5 Å². The van der Waals surface area contributed by atoms with E-state index in [9.17, 15) is 9.59 Å². The normalized spacial score (nSPS) is 29.5. The number of likely N-dealkylation sites (tertiary alicyclic amines) is 2. The maximum absolute atomic E-state index is 13.3. The maximum Gasteiger partial charge on any atom is 0.320 e. The lowest BCUT2D eigenvalue weighted by atomic mass is 9.78. The van der Waals surface area contributed by atoms with Crippen molar-refractivity contribution in [3.05, 3.63) is 34.9 Å². The van der Waals surface area contributed by atoms with Crippen molar-refractivity contribution < 1.29 is 14.3 Å². The highest BCUT2D eigenvalue weighted by molar-refractivity contribution is 6.30. The average molecular weight is 517 g/mol. The van der Waals surface area contributed by atoms with Crippen LogP contribution in [0.5, 0.6) is 0 Å². The molecule has 2 atom stereocenters. The first-order chi connectivity index (χ1) is 17.5. The number of amides is 3. The molecule has 3 heterocycles. The molecule has 1 aliphatic carbocycles. The minimum atomic E-state index is 0.0962. The minimum Gasteiger partial charge on any atom is -0.381 e. The molecule has 0 aromatic heterocycles. The molecule has 1 aromatic carbocycles. The molecule has 1 N–H and O–H groups in total. The average Bonchev–Trinajstić information content (AvgIpc) is 3.59. The van der Waals surface area contributed by atoms with E-state index in [2.05, 4.69) is 17.4 Å². The molecule has 0 spiro atoms. The molecule has 0 radical (unpaired) electrons. The minimum absolute atomic E-state index is 0.0962. The second-order valence-corrected chi connectivity index (χ2v) is 11.6. The summed E-state index contributed by atoms with van der Waals surface area (Å²) in [5.41, 5.74) is 1.33. The zero-order valence-electron chi connectivity index (χ0n) is 21.5. The lowest BCUT2D eigenvalue weighted by molar-refractivity contribution is -0.137. The van der Waals surface area contributed by atoms with Gasteiger partial charge in [0.25, 0.3) is 0 Å². The van der Waals surface area contributed by atoms with Gasteiger partial charge in [-0.15, -0.1) is 0 Å². The Bertz CT molecular complexity index is 899. The van der Waals surface area contributed by atoms with E-state index in [1.165, 1.54) is 5.56 Å². The van der Waals surface area contributed by atoms with E-state index in [1.807, 2.05) is 33.9 Å². The SMILES string of the molecule is CN(C(=O)C1CCC(c2ccc(Cl)cc2)CC1)C1CCN(C(=O)N2CCC(NC3CCOCC3)C2)C1. The van der Waals surface area contributed by atoms with Crippen LogP contribution in [0.2, 0.25) is 5.02 Å². The fraction of sp³-hybridized carbons (Fsp3) is 0.714. The number of ether oxygens (including phenoxy) is 1. The lowest BCUT2D eigenvalue weighted by Gasteiger charge is -2.33. The van der Waals surface area contributed by atoms with E-state index in [-0.39, 0.29) is 23.9 Å². The second-order valence-electron chi connectivity index (χ2n) is 11.2. The Kier molecular flexibility index (Phi) is 8.39. The van der Waals surface area contributed by atoms with Gasteiger partial charge in [-0.1, -0.05) is 23.7 Å². The van der Waals surface area contributed by atoms with Gasteiger partial charge < -0.3 is 24.8 Å². The summed E-state index contributed by atoms with van der Waals surface area (Å²) in [4.78, 5) is 32.4. The van der Waals surface area contributed by atoms with Crippen molar-refractivity contribution in [1.82, 2.24) is 20.0 Å². The first kappa shape index (κ1) is 25.8. The molecule has 1 aromatic rings. The molecule has 36 heavy (non-hydrogen) atoms. The summed E-state index contributed by atoms with van der Waals surface area (Å²) in [6.07, 6.45) is 7.94. The molecule has 7 nitrogen and oxygen atoms in total. The zero-order valence-corrected chi connectivity index (χ0v) is 22.3. The molecule has 4 fully saturated rings. The van der Waals surface area contributed by atoms with Crippen molar-refractivity contribution in [2.75, 3.05) is 46.4 Å². The number of urea groups is 1. The van der Waals surface area contributed by atoms with Gasteiger partial charge in [0.1, 0.15) is 0 Å². The fourth-order valence-corrected chi connectivity index (χ4v) is 6.70. The van der Waals surface area contributed by atoms with Crippen molar-refractivity contribution in [3.63, 3.8) is 0 Å². The molecular weight excluding hydrogens is 476 g/mol. The van der Waals surface area contributed by atoms with E-state index in [0.29, 0.717) is 24.5 Å². The number of nitrogens with zero attached hydrogens (tertiary/aromatic N) is 3. The monoisotopic (exact) mass is 516 g/mol. The highest BCUT2D eigenvalue weighted by atomic mass is 35.5. The Morgan fingerprint density at radius 2 is 1.56 bits per heavy atom. The van der Waals surface area contributed by atoms with Crippen LogP contribution in [0.4, 0.5) is 4.79 Å². The summed E-state index contributed by atoms with van der Waals surface area (Å²) in [7, 11) is 1.94. The summed E-state index contributed by atoms with van der Waals surface area (Å²) in [6, 6.07) is 9.30. The number of carbonyl (C=O) groups excluding carboxylic acids is 2. The van der Waals surface area contributed by atoms with E-state index in [1.54, 1.807) is 0 Å². The molecule has 3 amide bonds. The van der Waals surface area contributed by atoms with Gasteiger partial charge in [0.05, 0.1) is 6.04 Å². The lowest BCUT2D eigenvalue weighted by Crippen LogP contribution is -2.47. The molecule has 3 saturated heterocycles. The summed E-state index contributed by atoms with van der Waals surface area (Å²) < 4.78 is 5.46. The number of carbonyl (C=O) groups is 2. The van der Waals surface area contributed by atoms with Gasteiger partial charge >= 0.3 is 6.03 Å². The van der Waals surface area contributed by atoms with Crippen LogP contribution in [0.1, 0.15) is 62.8 Å². The smallest absolute Gasteiger partial charge is 0.320 e. The number of nitrogens with one attached hydrogen (secondary N) is 1. The van der Waals surface area contributed by atoms with Crippen LogP contribution in [-0.4, -0.2) is 91.2 Å². The Hall–Kier alpha value is -1.83. The number of likely N-dealkylation sites (N-methyl/N-ethyl adjacent to an activating group) is 1. The van der Waals surface area contributed by atoms with Gasteiger partial charge in [-0.2, -0.15) is 0 Å². The van der Waals surface area contributed by atoms with Crippen LogP contribution < -0.4 is 5.32 Å². The molecule has 4 aliphatic rings. The summed E-state index contributed by atoms with van der Waals surface area (Å²) in [5, 5.41) is 4.50. The third kappa shape index (κ3) is 6.00. The third-order valence-electron chi connectivity index (χ3n) is 8.90. The Labute approximate surface area is 220 Å².